The Bertz CT molecular complexity index is 372. The molecule has 17 heavy (non-hydrogen) atoms. The van der Waals surface area contributed by atoms with Crippen LogP contribution >= 0.6 is 0 Å². The predicted octanol–water partition coefficient (Wildman–Crippen LogP) is 1.37. The Labute approximate surface area is 101 Å². The van der Waals surface area contributed by atoms with Crippen LogP contribution in [-0.4, -0.2) is 36.9 Å². The summed E-state index contributed by atoms with van der Waals surface area (Å²) < 4.78 is 13.8. The molecule has 1 fully saturated rings. The molecule has 0 saturated carbocycles. The van der Waals surface area contributed by atoms with E-state index in [1.807, 2.05) is 6.07 Å². The quantitative estimate of drug-likeness (QED) is 0.835. The maximum atomic E-state index is 13.8. The fraction of sp³-hybridized carbons (Fsp3) is 0.538. The first-order valence-corrected chi connectivity index (χ1v) is 6.07. The molecule has 1 aromatic rings. The summed E-state index contributed by atoms with van der Waals surface area (Å²) in [5.74, 6) is -0.190. The van der Waals surface area contributed by atoms with Crippen molar-refractivity contribution in [1.82, 2.24) is 5.32 Å². The van der Waals surface area contributed by atoms with Crippen molar-refractivity contribution >= 4 is 5.69 Å². The van der Waals surface area contributed by atoms with E-state index in [2.05, 4.69) is 17.1 Å². The lowest BCUT2D eigenvalue weighted by Crippen LogP contribution is -2.56. The zero-order valence-corrected chi connectivity index (χ0v) is 10.1. The zero-order chi connectivity index (χ0) is 12.3. The Morgan fingerprint density at radius 2 is 2.24 bits per heavy atom. The molecular weight excluding hydrogens is 219 g/mol. The fourth-order valence-electron chi connectivity index (χ4n) is 2.34. The van der Waals surface area contributed by atoms with Crippen molar-refractivity contribution in [3.05, 3.63) is 30.1 Å². The highest BCUT2D eigenvalue weighted by atomic mass is 19.1. The minimum absolute atomic E-state index is 0.131. The summed E-state index contributed by atoms with van der Waals surface area (Å²) in [4.78, 5) is 2.06. The second-order valence-electron chi connectivity index (χ2n) is 4.58. The van der Waals surface area contributed by atoms with Gasteiger partial charge < -0.3 is 15.3 Å². The Kier molecular flexibility index (Phi) is 3.97. The van der Waals surface area contributed by atoms with Crippen molar-refractivity contribution in [3.8, 4) is 0 Å². The van der Waals surface area contributed by atoms with Crippen LogP contribution in [0.25, 0.3) is 0 Å². The summed E-state index contributed by atoms with van der Waals surface area (Å²) in [6.07, 6.45) is 0.661. The highest BCUT2D eigenvalue weighted by molar-refractivity contribution is 5.49. The molecule has 1 aromatic carbocycles. The summed E-state index contributed by atoms with van der Waals surface area (Å²) >= 11 is 0. The molecule has 2 N–H and O–H groups in total. The Morgan fingerprint density at radius 3 is 2.94 bits per heavy atom. The summed E-state index contributed by atoms with van der Waals surface area (Å²) in [7, 11) is 0. The molecule has 2 rings (SSSR count). The average Bonchev–Trinajstić information content (AvgIpc) is 2.32. The first-order valence-electron chi connectivity index (χ1n) is 6.07. The predicted molar refractivity (Wildman–Crippen MR) is 66.7 cm³/mol. The zero-order valence-electron chi connectivity index (χ0n) is 10.1. The van der Waals surface area contributed by atoms with Crippen LogP contribution in [-0.2, 0) is 0 Å². The number of aliphatic hydroxyl groups excluding tert-OH is 1. The lowest BCUT2D eigenvalue weighted by atomic mass is 10.1. The molecule has 0 amide bonds. The minimum Gasteiger partial charge on any atom is -0.396 e. The average molecular weight is 238 g/mol. The third kappa shape index (κ3) is 2.76. The van der Waals surface area contributed by atoms with Gasteiger partial charge in [-0.15, -0.1) is 0 Å². The lowest BCUT2D eigenvalue weighted by molar-refractivity contribution is 0.259. The molecular formula is C13H19FN2O. The van der Waals surface area contributed by atoms with Gasteiger partial charge in [0.1, 0.15) is 5.82 Å². The van der Waals surface area contributed by atoms with E-state index >= 15 is 0 Å². The normalized spacial score (nSPS) is 25.0. The van der Waals surface area contributed by atoms with Crippen molar-refractivity contribution in [3.63, 3.8) is 0 Å². The molecule has 4 heteroatoms. The first-order chi connectivity index (χ1) is 8.22. The van der Waals surface area contributed by atoms with Gasteiger partial charge in [0.15, 0.2) is 0 Å². The molecule has 0 radical (unpaired) electrons. The maximum absolute atomic E-state index is 13.8. The van der Waals surface area contributed by atoms with Crippen LogP contribution in [0.15, 0.2) is 24.3 Å². The smallest absolute Gasteiger partial charge is 0.146 e. The van der Waals surface area contributed by atoms with Gasteiger partial charge in [0.25, 0.3) is 0 Å². The van der Waals surface area contributed by atoms with Crippen LogP contribution in [0.1, 0.15) is 13.3 Å². The highest BCUT2D eigenvalue weighted by Crippen LogP contribution is 2.24. The number of para-hydroxylation sites is 1. The molecule has 2 atom stereocenters. The number of benzene rings is 1. The van der Waals surface area contributed by atoms with E-state index in [4.69, 9.17) is 5.11 Å². The third-order valence-corrected chi connectivity index (χ3v) is 3.24. The largest absolute Gasteiger partial charge is 0.396 e. The van der Waals surface area contributed by atoms with E-state index < -0.39 is 0 Å². The SMILES string of the molecule is CC1CN(c2ccccc2F)C(CCO)CN1. The number of aliphatic hydroxyl groups is 1. The molecule has 2 unspecified atom stereocenters. The van der Waals surface area contributed by atoms with Gasteiger partial charge in [-0.2, -0.15) is 0 Å². The van der Waals surface area contributed by atoms with Gasteiger partial charge in [-0.1, -0.05) is 12.1 Å². The van der Waals surface area contributed by atoms with Crippen molar-refractivity contribution in [2.75, 3.05) is 24.6 Å². The Balaban J connectivity index is 2.22. The summed E-state index contributed by atoms with van der Waals surface area (Å²) in [6.45, 7) is 3.77. The number of nitrogens with one attached hydrogen (secondary N) is 1. The summed E-state index contributed by atoms with van der Waals surface area (Å²) in [5.41, 5.74) is 0.638. The number of hydrogen-bond donors (Lipinski definition) is 2. The molecule has 3 nitrogen and oxygen atoms in total. The van der Waals surface area contributed by atoms with Gasteiger partial charge in [0.05, 0.1) is 5.69 Å². The van der Waals surface area contributed by atoms with Gasteiger partial charge in [-0.25, -0.2) is 4.39 Å². The van der Waals surface area contributed by atoms with Crippen LogP contribution in [0.3, 0.4) is 0 Å². The van der Waals surface area contributed by atoms with Gasteiger partial charge >= 0.3 is 0 Å². The van der Waals surface area contributed by atoms with Gasteiger partial charge in [-0.3, -0.25) is 0 Å². The summed E-state index contributed by atoms with van der Waals surface area (Å²) in [5, 5.41) is 12.4. The minimum atomic E-state index is -0.190. The third-order valence-electron chi connectivity index (χ3n) is 3.24. The Morgan fingerprint density at radius 1 is 1.47 bits per heavy atom. The van der Waals surface area contributed by atoms with E-state index in [1.165, 1.54) is 6.07 Å². The van der Waals surface area contributed by atoms with E-state index in [0.717, 1.165) is 13.1 Å². The second kappa shape index (κ2) is 5.47. The molecule has 1 saturated heterocycles. The summed E-state index contributed by atoms with van der Waals surface area (Å²) in [6, 6.07) is 7.33. The first kappa shape index (κ1) is 12.3. The molecule has 1 aliphatic heterocycles. The number of halogens is 1. The van der Waals surface area contributed by atoms with Crippen LogP contribution in [0.2, 0.25) is 0 Å². The van der Waals surface area contributed by atoms with E-state index in [-0.39, 0.29) is 18.5 Å². The molecule has 0 bridgehead atoms. The fourth-order valence-corrected chi connectivity index (χ4v) is 2.34. The highest BCUT2D eigenvalue weighted by Gasteiger charge is 2.26. The number of rotatable bonds is 3. The van der Waals surface area contributed by atoms with Crippen molar-refractivity contribution in [2.24, 2.45) is 0 Å². The van der Waals surface area contributed by atoms with Crippen LogP contribution in [0.4, 0.5) is 10.1 Å². The van der Waals surface area contributed by atoms with E-state index in [0.29, 0.717) is 18.2 Å². The number of piperazine rings is 1. The molecule has 0 aromatic heterocycles. The molecule has 0 spiro atoms. The number of hydrogen-bond acceptors (Lipinski definition) is 3. The number of anilines is 1. The standard InChI is InChI=1S/C13H19FN2O/c1-10-9-16(11(6-7-17)8-15-10)13-5-3-2-4-12(13)14/h2-5,10-11,15,17H,6-9H2,1H3. The second-order valence-corrected chi connectivity index (χ2v) is 4.58. The molecule has 1 aliphatic rings. The van der Waals surface area contributed by atoms with Gasteiger partial charge in [-0.05, 0) is 25.5 Å². The van der Waals surface area contributed by atoms with Gasteiger partial charge in [0, 0.05) is 31.8 Å². The van der Waals surface area contributed by atoms with Gasteiger partial charge in [0.2, 0.25) is 0 Å². The van der Waals surface area contributed by atoms with E-state index in [9.17, 15) is 4.39 Å². The van der Waals surface area contributed by atoms with Crippen LogP contribution < -0.4 is 10.2 Å². The topological polar surface area (TPSA) is 35.5 Å². The monoisotopic (exact) mass is 238 g/mol. The molecule has 94 valence electrons. The molecule has 1 heterocycles. The van der Waals surface area contributed by atoms with E-state index in [1.54, 1.807) is 12.1 Å². The van der Waals surface area contributed by atoms with Crippen molar-refractivity contribution < 1.29 is 9.50 Å². The number of nitrogens with zero attached hydrogens (tertiary/aromatic N) is 1. The Hall–Kier alpha value is -1.13. The lowest BCUT2D eigenvalue weighted by Gasteiger charge is -2.41. The molecule has 0 aliphatic carbocycles. The van der Waals surface area contributed by atoms with Crippen molar-refractivity contribution in [2.45, 2.75) is 25.4 Å². The maximum Gasteiger partial charge on any atom is 0.146 e. The van der Waals surface area contributed by atoms with Crippen molar-refractivity contribution in [1.29, 1.82) is 0 Å². The van der Waals surface area contributed by atoms with Crippen LogP contribution in [0, 0.1) is 5.82 Å². The van der Waals surface area contributed by atoms with Crippen LogP contribution in [0.5, 0.6) is 0 Å².